The molecule has 5 rings (SSSR count). The van der Waals surface area contributed by atoms with Gasteiger partial charge in [-0.25, -0.2) is 4.98 Å². The fraction of sp³-hybridized carbons (Fsp3) is 0.367. The van der Waals surface area contributed by atoms with E-state index < -0.39 is 21.7 Å². The molecule has 0 spiro atoms. The normalized spacial score (nSPS) is 16.0. The number of benzene rings is 2. The van der Waals surface area contributed by atoms with Crippen LogP contribution in [0.15, 0.2) is 145 Å². The maximum absolute atomic E-state index is 14.0. The first-order chi connectivity index (χ1) is 25.9. The van der Waals surface area contributed by atoms with Gasteiger partial charge in [-0.1, -0.05) is 125 Å². The predicted molar refractivity (Wildman–Crippen MR) is 230 cm³/mol. The molecule has 1 heterocycles. The average Bonchev–Trinajstić information content (AvgIpc) is 3.09. The highest BCUT2D eigenvalue weighted by Crippen LogP contribution is 2.43. The molecule has 0 unspecified atom stereocenters. The number of allylic oxidation sites excluding steroid dienone is 10. The maximum atomic E-state index is 14.0. The highest BCUT2D eigenvalue weighted by atomic mass is 16.1. The number of rotatable bonds is 6. The lowest BCUT2D eigenvalue weighted by molar-refractivity contribution is -0.114. The van der Waals surface area contributed by atoms with Crippen LogP contribution in [-0.4, -0.2) is 16.6 Å². The first-order valence-corrected chi connectivity index (χ1v) is 19.3. The molecule has 7 nitrogen and oxygen atoms in total. The van der Waals surface area contributed by atoms with Crippen molar-refractivity contribution in [3.63, 3.8) is 0 Å². The van der Waals surface area contributed by atoms with Gasteiger partial charge in [0.15, 0.2) is 11.6 Å². The number of carbonyl (C=O) groups is 2. The number of hydrogen-bond donors (Lipinski definition) is 0. The Morgan fingerprint density at radius 1 is 0.446 bits per heavy atom. The third-order valence-corrected chi connectivity index (χ3v) is 9.79. The average molecular weight is 748 g/mol. The number of ketones is 2. The van der Waals surface area contributed by atoms with Crippen LogP contribution in [0.2, 0.25) is 0 Å². The molecule has 0 radical (unpaired) electrons. The van der Waals surface area contributed by atoms with E-state index in [9.17, 15) is 9.59 Å². The molecule has 0 bridgehead atoms. The van der Waals surface area contributed by atoms with Gasteiger partial charge in [-0.15, -0.1) is 10.2 Å². The molecule has 56 heavy (non-hydrogen) atoms. The standard InChI is InChI=1S/C49H57N5O2/c1-30-18-22-34(23-19-30)51-53-42(32-26-36(46(3,4)5)44(55)37(27-32)47(6,7)8)40-16-15-17-41(50-40)43(54-52-35-24-20-31(2)21-25-35)33-28-38(48(9,10)11)45(56)39(29-33)49(12,13)14/h15-29H,1-14H3. The molecule has 7 heteroatoms. The second-order valence-electron chi connectivity index (χ2n) is 19.0. The summed E-state index contributed by atoms with van der Waals surface area (Å²) in [5.41, 5.74) is 8.29. The first kappa shape index (κ1) is 41.7. The Balaban J connectivity index is 1.85. The Hall–Kier alpha value is -5.43. The summed E-state index contributed by atoms with van der Waals surface area (Å²) in [6.07, 6.45) is 7.76. The minimum Gasteiger partial charge on any atom is -0.289 e. The Kier molecular flexibility index (Phi) is 11.6. The summed E-state index contributed by atoms with van der Waals surface area (Å²) in [6.45, 7) is 28.7. The summed E-state index contributed by atoms with van der Waals surface area (Å²) in [6, 6.07) is 21.5. The molecule has 2 aromatic carbocycles. The highest BCUT2D eigenvalue weighted by molar-refractivity contribution is 6.13. The van der Waals surface area contributed by atoms with Crippen LogP contribution in [0, 0.1) is 35.5 Å². The number of carbonyl (C=O) groups excluding carboxylic acids is 2. The summed E-state index contributed by atoms with van der Waals surface area (Å²) in [4.78, 5) is 33.2. The van der Waals surface area contributed by atoms with Crippen molar-refractivity contribution in [3.8, 4) is 0 Å². The van der Waals surface area contributed by atoms with Gasteiger partial charge in [0.2, 0.25) is 0 Å². The molecule has 0 atom stereocenters. The smallest absolute Gasteiger partial charge is 0.186 e. The fourth-order valence-electron chi connectivity index (χ4n) is 6.41. The van der Waals surface area contributed by atoms with Crippen molar-refractivity contribution in [2.75, 3.05) is 0 Å². The zero-order valence-electron chi connectivity index (χ0n) is 35.7. The Labute approximate surface area is 334 Å². The molecule has 2 aliphatic carbocycles. The van der Waals surface area contributed by atoms with Crippen LogP contribution in [0.5, 0.6) is 0 Å². The zero-order chi connectivity index (χ0) is 41.4. The monoisotopic (exact) mass is 747 g/mol. The van der Waals surface area contributed by atoms with E-state index in [1.165, 1.54) is 0 Å². The van der Waals surface area contributed by atoms with E-state index >= 15 is 0 Å². The summed E-state index contributed by atoms with van der Waals surface area (Å²) < 4.78 is 0. The summed E-state index contributed by atoms with van der Waals surface area (Å²) in [7, 11) is 0. The second-order valence-corrected chi connectivity index (χ2v) is 19.0. The molecule has 1 aromatic heterocycles. The number of aryl methyl sites for hydroxylation is 2. The third kappa shape index (κ3) is 9.68. The number of aromatic nitrogens is 1. The van der Waals surface area contributed by atoms with Gasteiger partial charge in [-0.05, 0) is 96.2 Å². The number of pyridine rings is 1. The fourth-order valence-corrected chi connectivity index (χ4v) is 6.41. The van der Waals surface area contributed by atoms with Crippen molar-refractivity contribution >= 4 is 34.3 Å². The Morgan fingerprint density at radius 3 is 1.00 bits per heavy atom. The van der Waals surface area contributed by atoms with Crippen molar-refractivity contribution in [1.29, 1.82) is 0 Å². The van der Waals surface area contributed by atoms with Crippen LogP contribution in [0.4, 0.5) is 11.4 Å². The molecule has 0 fully saturated rings. The molecule has 0 N–H and O–H groups in total. The SMILES string of the molecule is Cc1ccc(N=NC(=C2C=C(C(C)(C)C)C(=O)C(C(C)(C)C)=C2)c2cccc(C(N=Nc3ccc(C)cc3)=C3C=C(C(C)(C)C)C(=O)C(C(C)(C)C)=C3)n2)cc1. The van der Waals surface area contributed by atoms with E-state index in [0.717, 1.165) is 22.3 Å². The van der Waals surface area contributed by atoms with E-state index in [1.807, 2.05) is 105 Å². The first-order valence-electron chi connectivity index (χ1n) is 19.3. The van der Waals surface area contributed by atoms with Gasteiger partial charge in [0.05, 0.1) is 22.8 Å². The molecule has 0 saturated carbocycles. The van der Waals surface area contributed by atoms with Gasteiger partial charge in [0, 0.05) is 33.4 Å². The van der Waals surface area contributed by atoms with Crippen LogP contribution in [0.3, 0.4) is 0 Å². The molecular formula is C49H57N5O2. The Morgan fingerprint density at radius 2 is 0.732 bits per heavy atom. The predicted octanol–water partition coefficient (Wildman–Crippen LogP) is 13.7. The maximum Gasteiger partial charge on any atom is 0.186 e. The van der Waals surface area contributed by atoms with Crippen molar-refractivity contribution < 1.29 is 9.59 Å². The van der Waals surface area contributed by atoms with Gasteiger partial charge in [-0.3, -0.25) is 9.59 Å². The summed E-state index contributed by atoms with van der Waals surface area (Å²) in [5.74, 6) is 0.0621. The molecule has 3 aromatic rings. The number of Topliss-reactive ketones (excluding diaryl/α,β-unsaturated/α-hetero) is 2. The Bertz CT molecular complexity index is 2060. The lowest BCUT2D eigenvalue weighted by Gasteiger charge is -2.31. The second kappa shape index (κ2) is 15.6. The van der Waals surface area contributed by atoms with Crippen LogP contribution in [-0.2, 0) is 9.59 Å². The van der Waals surface area contributed by atoms with Crippen molar-refractivity contribution in [1.82, 2.24) is 4.98 Å². The lowest BCUT2D eigenvalue weighted by Crippen LogP contribution is -2.28. The van der Waals surface area contributed by atoms with Crippen LogP contribution < -0.4 is 0 Å². The van der Waals surface area contributed by atoms with E-state index in [1.54, 1.807) is 0 Å². The number of nitrogens with zero attached hydrogens (tertiary/aromatic N) is 5. The topological polar surface area (TPSA) is 96.5 Å². The van der Waals surface area contributed by atoms with Crippen molar-refractivity contribution in [2.24, 2.45) is 42.1 Å². The molecule has 2 aliphatic rings. The quantitative estimate of drug-likeness (QED) is 0.235. The lowest BCUT2D eigenvalue weighted by atomic mass is 9.71. The molecule has 290 valence electrons. The highest BCUT2D eigenvalue weighted by Gasteiger charge is 2.36. The van der Waals surface area contributed by atoms with Gasteiger partial charge in [-0.2, -0.15) is 10.2 Å². The van der Waals surface area contributed by atoms with Crippen LogP contribution in [0.1, 0.15) is 106 Å². The van der Waals surface area contributed by atoms with E-state index in [0.29, 0.717) is 56.4 Å². The van der Waals surface area contributed by atoms with E-state index in [4.69, 9.17) is 25.4 Å². The van der Waals surface area contributed by atoms with E-state index in [2.05, 4.69) is 83.1 Å². The third-order valence-electron chi connectivity index (χ3n) is 9.79. The molecule has 0 amide bonds. The molecule has 0 saturated heterocycles. The minimum atomic E-state index is -0.428. The van der Waals surface area contributed by atoms with Crippen LogP contribution >= 0.6 is 0 Å². The molecule has 0 aliphatic heterocycles. The number of azo groups is 2. The number of hydrogen-bond acceptors (Lipinski definition) is 7. The van der Waals surface area contributed by atoms with Gasteiger partial charge in [0.1, 0.15) is 11.4 Å². The van der Waals surface area contributed by atoms with Gasteiger partial charge >= 0.3 is 0 Å². The van der Waals surface area contributed by atoms with E-state index in [-0.39, 0.29) is 11.6 Å². The summed E-state index contributed by atoms with van der Waals surface area (Å²) >= 11 is 0. The summed E-state index contributed by atoms with van der Waals surface area (Å²) in [5, 5.41) is 19.2. The van der Waals surface area contributed by atoms with Crippen LogP contribution in [0.25, 0.3) is 11.4 Å². The van der Waals surface area contributed by atoms with Crippen molar-refractivity contribution in [2.45, 2.75) is 96.9 Å². The van der Waals surface area contributed by atoms with Gasteiger partial charge < -0.3 is 0 Å². The van der Waals surface area contributed by atoms with Crippen molar-refractivity contribution in [3.05, 3.63) is 147 Å². The molecular weight excluding hydrogens is 691 g/mol. The zero-order valence-corrected chi connectivity index (χ0v) is 35.7. The largest absolute Gasteiger partial charge is 0.289 e. The van der Waals surface area contributed by atoms with Gasteiger partial charge in [0.25, 0.3) is 0 Å². The minimum absolute atomic E-state index is 0.0311.